The van der Waals surface area contributed by atoms with Crippen molar-refractivity contribution >= 4 is 11.6 Å². The molecule has 2 aromatic carbocycles. The summed E-state index contributed by atoms with van der Waals surface area (Å²) < 4.78 is 32.1. The van der Waals surface area contributed by atoms with E-state index in [2.05, 4.69) is 5.32 Å². The second-order valence-corrected chi connectivity index (χ2v) is 4.94. The Morgan fingerprint density at radius 1 is 1.23 bits per heavy atom. The maximum Gasteiger partial charge on any atom is 0.265 e. The Bertz CT molecular complexity index is 673. The Balaban J connectivity index is 2.08. The molecule has 0 unspecified atom stereocenters. The van der Waals surface area contributed by atoms with Crippen molar-refractivity contribution in [1.29, 1.82) is 0 Å². The molecule has 0 aromatic heterocycles. The van der Waals surface area contributed by atoms with Gasteiger partial charge in [-0.15, -0.1) is 0 Å². The van der Waals surface area contributed by atoms with Gasteiger partial charge in [-0.1, -0.05) is 19.1 Å². The van der Waals surface area contributed by atoms with E-state index in [9.17, 15) is 13.6 Å². The molecular weight excluding hydrogens is 288 g/mol. The number of carbonyl (C=O) groups is 1. The van der Waals surface area contributed by atoms with E-state index in [1.807, 2.05) is 25.1 Å². The van der Waals surface area contributed by atoms with E-state index in [-0.39, 0.29) is 5.69 Å². The van der Waals surface area contributed by atoms with Crippen molar-refractivity contribution in [1.82, 2.24) is 0 Å². The van der Waals surface area contributed by atoms with Crippen molar-refractivity contribution in [2.24, 2.45) is 0 Å². The summed E-state index contributed by atoms with van der Waals surface area (Å²) in [5, 5.41) is 2.42. The van der Waals surface area contributed by atoms with Gasteiger partial charge in [-0.2, -0.15) is 0 Å². The van der Waals surface area contributed by atoms with E-state index in [1.54, 1.807) is 13.0 Å². The maximum absolute atomic E-state index is 13.6. The summed E-state index contributed by atoms with van der Waals surface area (Å²) in [6.45, 7) is 3.71. The van der Waals surface area contributed by atoms with E-state index >= 15 is 0 Å². The monoisotopic (exact) mass is 305 g/mol. The van der Waals surface area contributed by atoms with Gasteiger partial charge in [0, 0.05) is 6.07 Å². The third kappa shape index (κ3) is 4.04. The summed E-state index contributed by atoms with van der Waals surface area (Å²) in [6, 6.07) is 10.3. The number of ether oxygens (including phenoxy) is 1. The van der Waals surface area contributed by atoms with E-state index in [4.69, 9.17) is 4.74 Å². The Morgan fingerprint density at radius 2 is 2.00 bits per heavy atom. The van der Waals surface area contributed by atoms with Crippen molar-refractivity contribution < 1.29 is 18.3 Å². The highest BCUT2D eigenvalue weighted by Crippen LogP contribution is 2.18. The number of anilines is 1. The van der Waals surface area contributed by atoms with Crippen molar-refractivity contribution in [2.75, 3.05) is 5.32 Å². The lowest BCUT2D eigenvalue weighted by Crippen LogP contribution is -2.32. The average Bonchev–Trinajstić information content (AvgIpc) is 2.47. The molecule has 0 fully saturated rings. The topological polar surface area (TPSA) is 38.3 Å². The zero-order valence-corrected chi connectivity index (χ0v) is 12.4. The highest BCUT2D eigenvalue weighted by atomic mass is 19.1. The molecule has 0 aliphatic carbocycles. The third-order valence-electron chi connectivity index (χ3n) is 3.12. The van der Waals surface area contributed by atoms with Gasteiger partial charge >= 0.3 is 0 Å². The Kier molecular flexibility index (Phi) is 5.09. The van der Waals surface area contributed by atoms with Crippen LogP contribution in [0.1, 0.15) is 18.9 Å². The lowest BCUT2D eigenvalue weighted by Gasteiger charge is -2.17. The third-order valence-corrected chi connectivity index (χ3v) is 3.12. The summed E-state index contributed by atoms with van der Waals surface area (Å²) in [7, 11) is 0. The summed E-state index contributed by atoms with van der Waals surface area (Å²) in [5.41, 5.74) is 0.940. The molecule has 2 rings (SSSR count). The van der Waals surface area contributed by atoms with Gasteiger partial charge in [0.05, 0.1) is 5.69 Å². The number of hydrogen-bond donors (Lipinski definition) is 1. The van der Waals surface area contributed by atoms with E-state index in [1.165, 1.54) is 6.07 Å². The number of amides is 1. The number of carbonyl (C=O) groups excluding carboxylic acids is 1. The minimum absolute atomic E-state index is 0.0716. The van der Waals surface area contributed by atoms with Crippen LogP contribution in [0.5, 0.6) is 5.75 Å². The van der Waals surface area contributed by atoms with Gasteiger partial charge in [-0.3, -0.25) is 4.79 Å². The molecule has 0 bridgehead atoms. The lowest BCUT2D eigenvalue weighted by atomic mass is 10.2. The first kappa shape index (κ1) is 15.9. The molecule has 0 spiro atoms. The van der Waals surface area contributed by atoms with Crippen LogP contribution in [0.2, 0.25) is 0 Å². The molecule has 1 atom stereocenters. The largest absolute Gasteiger partial charge is 0.481 e. The second-order valence-electron chi connectivity index (χ2n) is 4.94. The van der Waals surface area contributed by atoms with Gasteiger partial charge in [-0.25, -0.2) is 8.78 Å². The minimum atomic E-state index is -0.821. The number of aryl methyl sites for hydroxylation is 1. The fourth-order valence-corrected chi connectivity index (χ4v) is 1.98. The molecule has 5 heteroatoms. The number of rotatable bonds is 5. The molecule has 116 valence electrons. The molecule has 1 N–H and O–H groups in total. The molecule has 3 nitrogen and oxygen atoms in total. The van der Waals surface area contributed by atoms with Gasteiger partial charge in [0.2, 0.25) is 0 Å². The standard InChI is InChI=1S/C17H17F2NO2/c1-3-16(22-13-6-4-5-11(2)9-13)17(21)20-15-8-7-12(18)10-14(15)19/h4-10,16H,3H2,1-2H3,(H,20,21)/t16-/m1/s1. The highest BCUT2D eigenvalue weighted by Gasteiger charge is 2.20. The van der Waals surface area contributed by atoms with Crippen molar-refractivity contribution in [3.05, 3.63) is 59.7 Å². The van der Waals surface area contributed by atoms with Crippen molar-refractivity contribution in [3.63, 3.8) is 0 Å². The first-order valence-electron chi connectivity index (χ1n) is 6.99. The van der Waals surface area contributed by atoms with E-state index in [0.29, 0.717) is 12.2 Å². The van der Waals surface area contributed by atoms with Crippen LogP contribution in [0.4, 0.5) is 14.5 Å². The van der Waals surface area contributed by atoms with Gasteiger partial charge < -0.3 is 10.1 Å². The fourth-order valence-electron chi connectivity index (χ4n) is 1.98. The van der Waals surface area contributed by atoms with Gasteiger partial charge in [0.15, 0.2) is 6.10 Å². The molecule has 22 heavy (non-hydrogen) atoms. The number of nitrogens with one attached hydrogen (secondary N) is 1. The SMILES string of the molecule is CC[C@@H](Oc1cccc(C)c1)C(=O)Nc1ccc(F)cc1F. The van der Waals surface area contributed by atoms with E-state index in [0.717, 1.165) is 17.7 Å². The van der Waals surface area contributed by atoms with Gasteiger partial charge in [0.1, 0.15) is 17.4 Å². The fraction of sp³-hybridized carbons (Fsp3) is 0.235. The number of halogens is 2. The smallest absolute Gasteiger partial charge is 0.265 e. The quantitative estimate of drug-likeness (QED) is 0.904. The Hall–Kier alpha value is -2.43. The van der Waals surface area contributed by atoms with E-state index < -0.39 is 23.6 Å². The van der Waals surface area contributed by atoms with Crippen LogP contribution in [0, 0.1) is 18.6 Å². The predicted molar refractivity (Wildman–Crippen MR) is 80.9 cm³/mol. The summed E-state index contributed by atoms with van der Waals surface area (Å²) >= 11 is 0. The molecule has 0 heterocycles. The summed E-state index contributed by atoms with van der Waals surface area (Å²) in [4.78, 5) is 12.2. The Morgan fingerprint density at radius 3 is 2.64 bits per heavy atom. The van der Waals surface area contributed by atoms with Gasteiger partial charge in [0.25, 0.3) is 5.91 Å². The average molecular weight is 305 g/mol. The van der Waals surface area contributed by atoms with Crippen LogP contribution in [-0.4, -0.2) is 12.0 Å². The highest BCUT2D eigenvalue weighted by molar-refractivity contribution is 5.94. The number of benzene rings is 2. The van der Waals surface area contributed by atoms with Crippen LogP contribution >= 0.6 is 0 Å². The van der Waals surface area contributed by atoms with Crippen molar-refractivity contribution in [3.8, 4) is 5.75 Å². The molecule has 0 saturated heterocycles. The maximum atomic E-state index is 13.6. The summed E-state index contributed by atoms with van der Waals surface area (Å²) in [6.07, 6.45) is -0.339. The lowest BCUT2D eigenvalue weighted by molar-refractivity contribution is -0.122. The molecule has 2 aromatic rings. The molecule has 0 aliphatic heterocycles. The normalized spacial score (nSPS) is 11.8. The molecule has 0 saturated carbocycles. The molecule has 0 aliphatic rings. The molecule has 0 radical (unpaired) electrons. The first-order valence-corrected chi connectivity index (χ1v) is 6.99. The van der Waals surface area contributed by atoms with Crippen LogP contribution in [0.3, 0.4) is 0 Å². The zero-order chi connectivity index (χ0) is 16.1. The number of hydrogen-bond acceptors (Lipinski definition) is 2. The first-order chi connectivity index (χ1) is 10.5. The van der Waals surface area contributed by atoms with Crippen LogP contribution < -0.4 is 10.1 Å². The second kappa shape index (κ2) is 7.02. The van der Waals surface area contributed by atoms with Crippen LogP contribution in [0.15, 0.2) is 42.5 Å². The zero-order valence-electron chi connectivity index (χ0n) is 12.4. The molecular formula is C17H17F2NO2. The Labute approximate surface area is 127 Å². The molecule has 1 amide bonds. The predicted octanol–water partition coefficient (Wildman–Crippen LogP) is 4.07. The van der Waals surface area contributed by atoms with Crippen LogP contribution in [-0.2, 0) is 4.79 Å². The van der Waals surface area contributed by atoms with Gasteiger partial charge in [-0.05, 0) is 43.2 Å². The van der Waals surface area contributed by atoms with Crippen LogP contribution in [0.25, 0.3) is 0 Å². The summed E-state index contributed by atoms with van der Waals surface area (Å²) in [5.74, 6) is -1.42. The minimum Gasteiger partial charge on any atom is -0.481 e. The van der Waals surface area contributed by atoms with Crippen molar-refractivity contribution in [2.45, 2.75) is 26.4 Å².